The van der Waals surface area contributed by atoms with Crippen LogP contribution in [-0.4, -0.2) is 31.3 Å². The number of nitrogens with one attached hydrogen (secondary N) is 2. The van der Waals surface area contributed by atoms with Crippen molar-refractivity contribution in [2.45, 2.75) is 12.8 Å². The monoisotopic (exact) mass is 312 g/mol. The fraction of sp³-hybridized carbons (Fsp3) is 0.294. The molecule has 1 aromatic carbocycles. The van der Waals surface area contributed by atoms with Crippen LogP contribution in [0.25, 0.3) is 0 Å². The van der Waals surface area contributed by atoms with E-state index in [0.717, 1.165) is 24.5 Å². The summed E-state index contributed by atoms with van der Waals surface area (Å²) in [5, 5.41) is 5.81. The van der Waals surface area contributed by atoms with Crippen molar-refractivity contribution in [1.29, 1.82) is 0 Å². The molecule has 1 saturated heterocycles. The van der Waals surface area contributed by atoms with Crippen LogP contribution in [0.4, 0.5) is 27.7 Å². The zero-order valence-corrected chi connectivity index (χ0v) is 13.1. The molecule has 23 heavy (non-hydrogen) atoms. The Balaban J connectivity index is 1.61. The lowest BCUT2D eigenvalue weighted by atomic mass is 10.2. The first-order valence-corrected chi connectivity index (χ1v) is 7.68. The van der Waals surface area contributed by atoms with Crippen LogP contribution in [0.1, 0.15) is 12.8 Å². The van der Waals surface area contributed by atoms with Gasteiger partial charge in [-0.2, -0.15) is 0 Å². The number of carbonyl (C=O) groups is 1. The van der Waals surface area contributed by atoms with Crippen molar-refractivity contribution in [3.05, 3.63) is 42.6 Å². The first-order chi connectivity index (χ1) is 11.2. The predicted molar refractivity (Wildman–Crippen MR) is 91.4 cm³/mol. The average molecular weight is 312 g/mol. The predicted octanol–water partition coefficient (Wildman–Crippen LogP) is 3.60. The number of aromatic nitrogens is 1. The number of hydrogen-bond acceptors (Lipinski definition) is 5. The molecule has 3 rings (SSSR count). The third kappa shape index (κ3) is 3.91. The fourth-order valence-electron chi connectivity index (χ4n) is 2.59. The minimum atomic E-state index is -0.532. The summed E-state index contributed by atoms with van der Waals surface area (Å²) in [6.45, 7) is 2.29. The van der Waals surface area contributed by atoms with Gasteiger partial charge in [0.25, 0.3) is 0 Å². The third-order valence-corrected chi connectivity index (χ3v) is 3.81. The van der Waals surface area contributed by atoms with Gasteiger partial charge in [0.05, 0.1) is 19.0 Å². The van der Waals surface area contributed by atoms with Gasteiger partial charge in [0.2, 0.25) is 0 Å². The molecule has 2 aromatic rings. The quantitative estimate of drug-likeness (QED) is 0.903. The molecule has 1 amide bonds. The first kappa shape index (κ1) is 15.1. The summed E-state index contributed by atoms with van der Waals surface area (Å²) in [4.78, 5) is 17.7. The van der Waals surface area contributed by atoms with E-state index in [4.69, 9.17) is 0 Å². The van der Waals surface area contributed by atoms with Crippen LogP contribution in [0.2, 0.25) is 0 Å². The standard InChI is InChI=1S/C17H20N4O2/c1-23-17(22)20-16-9-6-14(12-18-16)19-13-4-7-15(8-5-13)21-10-2-3-11-21/h4-9,12,19H,2-3,10-11H2,1H3,(H,18,20,22). The number of anilines is 4. The van der Waals surface area contributed by atoms with E-state index in [1.54, 1.807) is 12.3 Å². The topological polar surface area (TPSA) is 66.5 Å². The number of methoxy groups -OCH3 is 1. The lowest BCUT2D eigenvalue weighted by Crippen LogP contribution is -2.17. The van der Waals surface area contributed by atoms with Crippen molar-refractivity contribution in [3.63, 3.8) is 0 Å². The number of ether oxygens (including phenoxy) is 1. The van der Waals surface area contributed by atoms with Crippen LogP contribution in [0.15, 0.2) is 42.6 Å². The van der Waals surface area contributed by atoms with Crippen molar-refractivity contribution < 1.29 is 9.53 Å². The maximum absolute atomic E-state index is 11.1. The van der Waals surface area contributed by atoms with Crippen LogP contribution in [-0.2, 0) is 4.74 Å². The Hall–Kier alpha value is -2.76. The normalized spacial score (nSPS) is 13.7. The number of rotatable bonds is 4. The van der Waals surface area contributed by atoms with E-state index in [0.29, 0.717) is 5.82 Å². The molecule has 2 N–H and O–H groups in total. The Morgan fingerprint density at radius 3 is 2.39 bits per heavy atom. The van der Waals surface area contributed by atoms with E-state index in [1.807, 2.05) is 6.07 Å². The van der Waals surface area contributed by atoms with Crippen molar-refractivity contribution in [1.82, 2.24) is 4.98 Å². The highest BCUT2D eigenvalue weighted by Gasteiger charge is 2.11. The second-order valence-electron chi connectivity index (χ2n) is 5.41. The van der Waals surface area contributed by atoms with Crippen LogP contribution < -0.4 is 15.5 Å². The van der Waals surface area contributed by atoms with Crippen molar-refractivity contribution in [2.24, 2.45) is 0 Å². The molecule has 0 spiro atoms. The van der Waals surface area contributed by atoms with Crippen molar-refractivity contribution in [2.75, 3.05) is 35.7 Å². The van der Waals surface area contributed by atoms with Gasteiger partial charge >= 0.3 is 6.09 Å². The lowest BCUT2D eigenvalue weighted by Gasteiger charge is -2.18. The number of benzene rings is 1. The number of amides is 1. The molecule has 0 unspecified atom stereocenters. The van der Waals surface area contributed by atoms with Crippen LogP contribution >= 0.6 is 0 Å². The highest BCUT2D eigenvalue weighted by Crippen LogP contribution is 2.24. The molecule has 1 fully saturated rings. The molecule has 1 aromatic heterocycles. The average Bonchev–Trinajstić information content (AvgIpc) is 3.12. The Morgan fingerprint density at radius 2 is 1.78 bits per heavy atom. The lowest BCUT2D eigenvalue weighted by molar-refractivity contribution is 0.187. The van der Waals surface area contributed by atoms with Crippen LogP contribution in [0.5, 0.6) is 0 Å². The molecule has 6 nitrogen and oxygen atoms in total. The molecule has 0 atom stereocenters. The van der Waals surface area contributed by atoms with Gasteiger partial charge in [-0.05, 0) is 49.2 Å². The van der Waals surface area contributed by atoms with Gasteiger partial charge < -0.3 is 15.0 Å². The number of pyridine rings is 1. The van der Waals surface area contributed by atoms with Crippen molar-refractivity contribution in [3.8, 4) is 0 Å². The number of carbonyl (C=O) groups excluding carboxylic acids is 1. The molecule has 6 heteroatoms. The second kappa shape index (κ2) is 7.00. The number of hydrogen-bond donors (Lipinski definition) is 2. The van der Waals surface area contributed by atoms with E-state index in [2.05, 4.69) is 49.5 Å². The third-order valence-electron chi connectivity index (χ3n) is 3.81. The summed E-state index contributed by atoms with van der Waals surface area (Å²) in [7, 11) is 1.32. The second-order valence-corrected chi connectivity index (χ2v) is 5.41. The SMILES string of the molecule is COC(=O)Nc1ccc(Nc2ccc(N3CCCC3)cc2)cn1. The Bertz CT molecular complexity index is 649. The minimum absolute atomic E-state index is 0.451. The first-order valence-electron chi connectivity index (χ1n) is 7.68. The molecule has 1 aliphatic rings. The van der Waals surface area contributed by atoms with Gasteiger partial charge in [-0.25, -0.2) is 9.78 Å². The molecule has 0 radical (unpaired) electrons. The molecular weight excluding hydrogens is 292 g/mol. The zero-order chi connectivity index (χ0) is 16.1. The van der Waals surface area contributed by atoms with Crippen LogP contribution in [0.3, 0.4) is 0 Å². The highest BCUT2D eigenvalue weighted by atomic mass is 16.5. The van der Waals surface area contributed by atoms with Gasteiger partial charge in [-0.3, -0.25) is 5.32 Å². The summed E-state index contributed by atoms with van der Waals surface area (Å²) in [6, 6.07) is 12.0. The van der Waals surface area contributed by atoms with Gasteiger partial charge in [-0.1, -0.05) is 0 Å². The molecule has 0 aliphatic carbocycles. The molecule has 0 saturated carbocycles. The maximum Gasteiger partial charge on any atom is 0.412 e. The molecule has 0 bridgehead atoms. The molecule has 120 valence electrons. The van der Waals surface area contributed by atoms with E-state index >= 15 is 0 Å². The van der Waals surface area contributed by atoms with E-state index < -0.39 is 6.09 Å². The van der Waals surface area contributed by atoms with Gasteiger partial charge in [0.15, 0.2) is 0 Å². The smallest absolute Gasteiger partial charge is 0.412 e. The molecule has 2 heterocycles. The maximum atomic E-state index is 11.1. The Morgan fingerprint density at radius 1 is 1.09 bits per heavy atom. The molecular formula is C17H20N4O2. The van der Waals surface area contributed by atoms with Gasteiger partial charge in [-0.15, -0.1) is 0 Å². The zero-order valence-electron chi connectivity index (χ0n) is 13.1. The van der Waals surface area contributed by atoms with Gasteiger partial charge in [0.1, 0.15) is 5.82 Å². The summed E-state index contributed by atoms with van der Waals surface area (Å²) in [5.74, 6) is 0.451. The van der Waals surface area contributed by atoms with E-state index in [9.17, 15) is 4.79 Å². The fourth-order valence-corrected chi connectivity index (χ4v) is 2.59. The summed E-state index contributed by atoms with van der Waals surface area (Å²) < 4.78 is 4.52. The van der Waals surface area contributed by atoms with E-state index in [1.165, 1.54) is 25.6 Å². The summed E-state index contributed by atoms with van der Waals surface area (Å²) in [5.41, 5.74) is 3.13. The Labute approximate surface area is 135 Å². The van der Waals surface area contributed by atoms with Crippen molar-refractivity contribution >= 4 is 29.0 Å². The highest BCUT2D eigenvalue weighted by molar-refractivity contribution is 5.83. The number of nitrogens with zero attached hydrogens (tertiary/aromatic N) is 2. The largest absolute Gasteiger partial charge is 0.453 e. The summed E-state index contributed by atoms with van der Waals surface area (Å²) >= 11 is 0. The molecule has 1 aliphatic heterocycles. The van der Waals surface area contributed by atoms with E-state index in [-0.39, 0.29) is 0 Å². The van der Waals surface area contributed by atoms with Gasteiger partial charge in [0, 0.05) is 24.5 Å². The summed E-state index contributed by atoms with van der Waals surface area (Å²) in [6.07, 6.45) is 3.69. The minimum Gasteiger partial charge on any atom is -0.453 e. The Kier molecular flexibility index (Phi) is 4.61. The van der Waals surface area contributed by atoms with Crippen LogP contribution in [0, 0.1) is 0 Å².